The third kappa shape index (κ3) is 2.29. The van der Waals surface area contributed by atoms with E-state index in [1.165, 1.54) is 32.1 Å². The van der Waals surface area contributed by atoms with Gasteiger partial charge < -0.3 is 0 Å². The molecular formula is C14H22. The van der Waals surface area contributed by atoms with Crippen LogP contribution in [0.25, 0.3) is 0 Å². The summed E-state index contributed by atoms with van der Waals surface area (Å²) in [5.74, 6) is 1.82. The van der Waals surface area contributed by atoms with Crippen molar-refractivity contribution in [3.8, 4) is 0 Å². The van der Waals surface area contributed by atoms with Gasteiger partial charge in [-0.05, 0) is 43.9 Å². The van der Waals surface area contributed by atoms with Crippen molar-refractivity contribution in [2.45, 2.75) is 52.9 Å². The molecule has 0 radical (unpaired) electrons. The van der Waals surface area contributed by atoms with E-state index in [0.29, 0.717) is 0 Å². The average molecular weight is 190 g/mol. The zero-order chi connectivity index (χ0) is 10.1. The Kier molecular flexibility index (Phi) is 2.80. The first-order valence-corrected chi connectivity index (χ1v) is 6.12. The van der Waals surface area contributed by atoms with E-state index < -0.39 is 0 Å². The molecule has 2 aliphatic carbocycles. The quantitative estimate of drug-likeness (QED) is 0.573. The zero-order valence-corrected chi connectivity index (χ0v) is 9.77. The summed E-state index contributed by atoms with van der Waals surface area (Å²) in [4.78, 5) is 0. The highest BCUT2D eigenvalue weighted by atomic mass is 14.3. The van der Waals surface area contributed by atoms with Crippen LogP contribution in [0.1, 0.15) is 52.9 Å². The molecule has 2 rings (SSSR count). The van der Waals surface area contributed by atoms with Crippen LogP contribution >= 0.6 is 0 Å². The van der Waals surface area contributed by atoms with Crippen molar-refractivity contribution in [3.05, 3.63) is 22.8 Å². The lowest BCUT2D eigenvalue weighted by Gasteiger charge is -2.00. The van der Waals surface area contributed by atoms with Crippen molar-refractivity contribution >= 4 is 0 Å². The van der Waals surface area contributed by atoms with Crippen LogP contribution in [0.5, 0.6) is 0 Å². The molecule has 2 atom stereocenters. The van der Waals surface area contributed by atoms with Crippen molar-refractivity contribution in [1.82, 2.24) is 0 Å². The van der Waals surface area contributed by atoms with Crippen molar-refractivity contribution in [3.63, 3.8) is 0 Å². The third-order valence-corrected chi connectivity index (χ3v) is 3.71. The minimum atomic E-state index is 0.910. The molecule has 78 valence electrons. The largest absolute Gasteiger partial charge is 0.0847 e. The first kappa shape index (κ1) is 10.0. The Morgan fingerprint density at radius 2 is 1.93 bits per heavy atom. The lowest BCUT2D eigenvalue weighted by Crippen LogP contribution is -1.81. The molecule has 2 saturated carbocycles. The predicted octanol–water partition coefficient (Wildman–Crippen LogP) is 4.48. The Morgan fingerprint density at radius 3 is 2.36 bits per heavy atom. The first-order valence-electron chi connectivity index (χ1n) is 6.12. The van der Waals surface area contributed by atoms with Crippen LogP contribution < -0.4 is 0 Å². The molecule has 14 heavy (non-hydrogen) atoms. The molecule has 0 aliphatic heterocycles. The topological polar surface area (TPSA) is 0 Å². The van der Waals surface area contributed by atoms with Gasteiger partial charge in [-0.15, -0.1) is 0 Å². The Labute approximate surface area is 88.1 Å². The zero-order valence-electron chi connectivity index (χ0n) is 9.77. The van der Waals surface area contributed by atoms with Gasteiger partial charge in [0.1, 0.15) is 0 Å². The standard InChI is InChI=1S/C14H22/c1-4-12(14-9-11(14)3)6-5-7-13-8-10(13)2/h7,10-11H,4-6,8-9H2,1-3H3. The van der Waals surface area contributed by atoms with Crippen LogP contribution in [0.2, 0.25) is 0 Å². The molecule has 0 spiro atoms. The summed E-state index contributed by atoms with van der Waals surface area (Å²) in [6.45, 7) is 6.99. The molecule has 0 aromatic heterocycles. The maximum absolute atomic E-state index is 2.48. The smallest absolute Gasteiger partial charge is 0.0191 e. The average Bonchev–Trinajstić information content (AvgIpc) is 3.02. The lowest BCUT2D eigenvalue weighted by molar-refractivity contribution is 0.888. The van der Waals surface area contributed by atoms with Crippen LogP contribution in [-0.2, 0) is 0 Å². The van der Waals surface area contributed by atoms with E-state index in [1.807, 2.05) is 0 Å². The van der Waals surface area contributed by atoms with Crippen molar-refractivity contribution in [2.24, 2.45) is 11.8 Å². The second-order valence-corrected chi connectivity index (χ2v) is 5.01. The third-order valence-electron chi connectivity index (χ3n) is 3.71. The van der Waals surface area contributed by atoms with E-state index in [2.05, 4.69) is 26.8 Å². The predicted molar refractivity (Wildman–Crippen MR) is 62.2 cm³/mol. The summed E-state index contributed by atoms with van der Waals surface area (Å²) in [5, 5.41) is 0. The molecule has 0 heterocycles. The van der Waals surface area contributed by atoms with Gasteiger partial charge in [-0.3, -0.25) is 0 Å². The van der Waals surface area contributed by atoms with Gasteiger partial charge in [-0.2, -0.15) is 0 Å². The molecule has 0 aromatic rings. The maximum atomic E-state index is 2.48. The van der Waals surface area contributed by atoms with Gasteiger partial charge >= 0.3 is 0 Å². The summed E-state index contributed by atoms with van der Waals surface area (Å²) in [6.07, 6.45) is 9.13. The van der Waals surface area contributed by atoms with Gasteiger partial charge in [-0.1, -0.05) is 43.6 Å². The number of rotatable bonds is 4. The van der Waals surface area contributed by atoms with E-state index in [0.717, 1.165) is 11.8 Å². The highest BCUT2D eigenvalue weighted by Gasteiger charge is 2.27. The van der Waals surface area contributed by atoms with Gasteiger partial charge in [0.2, 0.25) is 0 Å². The molecule has 0 aromatic carbocycles. The van der Waals surface area contributed by atoms with Crippen molar-refractivity contribution in [2.75, 3.05) is 0 Å². The molecule has 2 aliphatic rings. The summed E-state index contributed by atoms with van der Waals surface area (Å²) in [7, 11) is 0. The molecule has 0 saturated heterocycles. The van der Waals surface area contributed by atoms with E-state index >= 15 is 0 Å². The Bertz CT molecular complexity index is 280. The maximum Gasteiger partial charge on any atom is -0.0191 e. The fourth-order valence-corrected chi connectivity index (χ4v) is 2.34. The highest BCUT2D eigenvalue weighted by Crippen LogP contribution is 2.42. The highest BCUT2D eigenvalue weighted by molar-refractivity contribution is 5.30. The monoisotopic (exact) mass is 190 g/mol. The minimum Gasteiger partial charge on any atom is -0.0847 e. The van der Waals surface area contributed by atoms with E-state index in [9.17, 15) is 0 Å². The summed E-state index contributed by atoms with van der Waals surface area (Å²) in [6, 6.07) is 0. The molecular weight excluding hydrogens is 168 g/mol. The second kappa shape index (κ2) is 3.92. The van der Waals surface area contributed by atoms with Crippen molar-refractivity contribution < 1.29 is 0 Å². The first-order chi connectivity index (χ1) is 6.72. The minimum absolute atomic E-state index is 0.910. The van der Waals surface area contributed by atoms with Gasteiger partial charge in [0.05, 0.1) is 0 Å². The fraction of sp³-hybridized carbons (Fsp3) is 0.714. The molecule has 0 amide bonds. The molecule has 2 fully saturated rings. The van der Waals surface area contributed by atoms with Crippen LogP contribution in [-0.4, -0.2) is 0 Å². The fourth-order valence-electron chi connectivity index (χ4n) is 2.34. The van der Waals surface area contributed by atoms with E-state index in [1.54, 1.807) is 16.7 Å². The van der Waals surface area contributed by atoms with Crippen LogP contribution in [0.15, 0.2) is 22.8 Å². The summed E-state index contributed by atoms with van der Waals surface area (Å²) >= 11 is 0. The van der Waals surface area contributed by atoms with Gasteiger partial charge in [0.15, 0.2) is 0 Å². The molecule has 2 unspecified atom stereocenters. The summed E-state index contributed by atoms with van der Waals surface area (Å²) in [5.41, 5.74) is 5.23. The number of allylic oxidation sites excluding steroid dienone is 4. The van der Waals surface area contributed by atoms with E-state index in [4.69, 9.17) is 0 Å². The van der Waals surface area contributed by atoms with E-state index in [-0.39, 0.29) is 0 Å². The summed E-state index contributed by atoms with van der Waals surface area (Å²) < 4.78 is 0. The lowest BCUT2D eigenvalue weighted by atomic mass is 10.1. The normalized spacial score (nSPS) is 36.1. The van der Waals surface area contributed by atoms with Gasteiger partial charge in [-0.25, -0.2) is 0 Å². The SMILES string of the molecule is CCC(CCC=C1CC1C)=C1CC1C. The van der Waals surface area contributed by atoms with Gasteiger partial charge in [0, 0.05) is 0 Å². The molecule has 0 bridgehead atoms. The molecule has 0 nitrogen and oxygen atoms in total. The molecule has 0 N–H and O–H groups in total. The van der Waals surface area contributed by atoms with Crippen LogP contribution in [0.4, 0.5) is 0 Å². The molecule has 0 heteroatoms. The number of hydrogen-bond acceptors (Lipinski definition) is 0. The second-order valence-electron chi connectivity index (χ2n) is 5.01. The van der Waals surface area contributed by atoms with Gasteiger partial charge in [0.25, 0.3) is 0 Å². The van der Waals surface area contributed by atoms with Crippen LogP contribution in [0, 0.1) is 11.8 Å². The Hall–Kier alpha value is -0.520. The van der Waals surface area contributed by atoms with Crippen LogP contribution in [0.3, 0.4) is 0 Å². The Balaban J connectivity index is 1.79. The number of hydrogen-bond donors (Lipinski definition) is 0. The Morgan fingerprint density at radius 1 is 1.29 bits per heavy atom. The van der Waals surface area contributed by atoms with Crippen molar-refractivity contribution in [1.29, 1.82) is 0 Å².